The average molecular weight is 379 g/mol. The SMILES string of the molecule is CCc1ccc(C(=O)COC(=O)/C=C/c2ccc(OCC#N)c(OC)c2)cc1. The Morgan fingerprint density at radius 1 is 1.11 bits per heavy atom. The molecule has 2 rings (SSSR count). The van der Waals surface area contributed by atoms with Crippen LogP contribution in [0.15, 0.2) is 48.5 Å². The summed E-state index contributed by atoms with van der Waals surface area (Å²) in [5.74, 6) is -0.00712. The van der Waals surface area contributed by atoms with Crippen molar-refractivity contribution in [2.45, 2.75) is 13.3 Å². The van der Waals surface area contributed by atoms with E-state index in [2.05, 4.69) is 0 Å². The highest BCUT2D eigenvalue weighted by Gasteiger charge is 2.09. The lowest BCUT2D eigenvalue weighted by Crippen LogP contribution is -2.12. The summed E-state index contributed by atoms with van der Waals surface area (Å²) in [4.78, 5) is 23.9. The minimum Gasteiger partial charge on any atom is -0.493 e. The Morgan fingerprint density at radius 3 is 2.50 bits per heavy atom. The number of esters is 1. The molecule has 0 amide bonds. The molecule has 6 heteroatoms. The van der Waals surface area contributed by atoms with Crippen molar-refractivity contribution < 1.29 is 23.8 Å². The maximum absolute atomic E-state index is 12.1. The molecule has 0 fully saturated rings. The Hall–Kier alpha value is -3.59. The third kappa shape index (κ3) is 5.99. The van der Waals surface area contributed by atoms with Gasteiger partial charge in [0, 0.05) is 11.6 Å². The topological polar surface area (TPSA) is 85.6 Å². The quantitative estimate of drug-likeness (QED) is 0.376. The highest BCUT2D eigenvalue weighted by molar-refractivity contribution is 5.98. The molecular weight excluding hydrogens is 358 g/mol. The number of nitriles is 1. The van der Waals surface area contributed by atoms with Gasteiger partial charge < -0.3 is 14.2 Å². The van der Waals surface area contributed by atoms with E-state index in [9.17, 15) is 9.59 Å². The summed E-state index contributed by atoms with van der Waals surface area (Å²) < 4.78 is 15.4. The largest absolute Gasteiger partial charge is 0.493 e. The molecule has 28 heavy (non-hydrogen) atoms. The third-order valence-corrected chi connectivity index (χ3v) is 3.92. The fourth-order valence-electron chi connectivity index (χ4n) is 2.38. The first-order valence-corrected chi connectivity index (χ1v) is 8.72. The number of nitrogens with zero attached hydrogens (tertiary/aromatic N) is 1. The fourth-order valence-corrected chi connectivity index (χ4v) is 2.38. The summed E-state index contributed by atoms with van der Waals surface area (Å²) in [5, 5.41) is 8.57. The summed E-state index contributed by atoms with van der Waals surface area (Å²) in [7, 11) is 1.48. The second-order valence-corrected chi connectivity index (χ2v) is 5.77. The van der Waals surface area contributed by atoms with Crippen molar-refractivity contribution in [3.05, 3.63) is 65.2 Å². The molecule has 0 bridgehead atoms. The van der Waals surface area contributed by atoms with Crippen LogP contribution in [0.5, 0.6) is 11.5 Å². The van der Waals surface area contributed by atoms with Crippen LogP contribution in [-0.4, -0.2) is 32.1 Å². The van der Waals surface area contributed by atoms with E-state index in [0.717, 1.165) is 12.0 Å². The molecule has 144 valence electrons. The highest BCUT2D eigenvalue weighted by Crippen LogP contribution is 2.28. The van der Waals surface area contributed by atoms with Crippen LogP contribution in [-0.2, 0) is 16.0 Å². The zero-order valence-corrected chi connectivity index (χ0v) is 15.8. The molecule has 0 saturated carbocycles. The highest BCUT2D eigenvalue weighted by atomic mass is 16.5. The molecule has 0 aliphatic rings. The number of hydrogen-bond donors (Lipinski definition) is 0. The smallest absolute Gasteiger partial charge is 0.331 e. The molecule has 0 aliphatic carbocycles. The van der Waals surface area contributed by atoms with Crippen molar-refractivity contribution in [3.8, 4) is 17.6 Å². The number of ketones is 1. The van der Waals surface area contributed by atoms with Gasteiger partial charge in [0.25, 0.3) is 0 Å². The first kappa shape index (κ1) is 20.7. The number of ether oxygens (including phenoxy) is 3. The first-order valence-electron chi connectivity index (χ1n) is 8.72. The van der Waals surface area contributed by atoms with Crippen molar-refractivity contribution in [1.82, 2.24) is 0 Å². The fraction of sp³-hybridized carbons (Fsp3) is 0.227. The van der Waals surface area contributed by atoms with Crippen molar-refractivity contribution in [2.75, 3.05) is 20.3 Å². The molecule has 2 aromatic carbocycles. The van der Waals surface area contributed by atoms with Crippen molar-refractivity contribution in [1.29, 1.82) is 5.26 Å². The summed E-state index contributed by atoms with van der Waals surface area (Å²) in [6, 6.07) is 14.1. The molecule has 0 aromatic heterocycles. The molecular formula is C22H21NO5. The number of carbonyl (C=O) groups is 2. The predicted molar refractivity (Wildman–Crippen MR) is 104 cm³/mol. The molecule has 2 aromatic rings. The van der Waals surface area contributed by atoms with Crippen LogP contribution in [0.2, 0.25) is 0 Å². The molecule has 0 saturated heterocycles. The number of rotatable bonds is 9. The van der Waals surface area contributed by atoms with E-state index in [-0.39, 0.29) is 19.0 Å². The van der Waals surface area contributed by atoms with Crippen molar-refractivity contribution >= 4 is 17.8 Å². The van der Waals surface area contributed by atoms with Gasteiger partial charge in [-0.15, -0.1) is 0 Å². The molecule has 0 atom stereocenters. The lowest BCUT2D eigenvalue weighted by atomic mass is 10.1. The minimum absolute atomic E-state index is 0.0902. The molecule has 0 unspecified atom stereocenters. The molecule has 6 nitrogen and oxygen atoms in total. The van der Waals surface area contributed by atoms with Crippen LogP contribution in [0.3, 0.4) is 0 Å². The minimum atomic E-state index is -0.623. The van der Waals surface area contributed by atoms with E-state index in [0.29, 0.717) is 22.6 Å². The molecule has 0 spiro atoms. The van der Waals surface area contributed by atoms with E-state index in [1.165, 1.54) is 13.2 Å². The van der Waals surface area contributed by atoms with Crippen LogP contribution in [0.1, 0.15) is 28.4 Å². The van der Waals surface area contributed by atoms with Gasteiger partial charge in [0.1, 0.15) is 6.07 Å². The van der Waals surface area contributed by atoms with E-state index < -0.39 is 5.97 Å². The van der Waals surface area contributed by atoms with E-state index in [4.69, 9.17) is 19.5 Å². The maximum Gasteiger partial charge on any atom is 0.331 e. The Labute approximate surface area is 164 Å². The number of benzene rings is 2. The Morgan fingerprint density at radius 2 is 1.86 bits per heavy atom. The van der Waals surface area contributed by atoms with Gasteiger partial charge in [-0.05, 0) is 35.8 Å². The first-order chi connectivity index (χ1) is 13.6. The second kappa shape index (κ2) is 10.5. The van der Waals surface area contributed by atoms with Crippen molar-refractivity contribution in [2.24, 2.45) is 0 Å². The van der Waals surface area contributed by atoms with E-state index in [1.807, 2.05) is 25.1 Å². The van der Waals surface area contributed by atoms with Gasteiger partial charge in [-0.1, -0.05) is 37.3 Å². The number of carbonyl (C=O) groups excluding carboxylic acids is 2. The average Bonchev–Trinajstić information content (AvgIpc) is 2.74. The number of hydrogen-bond acceptors (Lipinski definition) is 6. The van der Waals surface area contributed by atoms with Gasteiger partial charge in [0.05, 0.1) is 7.11 Å². The Kier molecular flexibility index (Phi) is 7.79. The zero-order valence-electron chi connectivity index (χ0n) is 15.8. The van der Waals surface area contributed by atoms with Gasteiger partial charge >= 0.3 is 5.97 Å². The standard InChI is InChI=1S/C22H21NO5/c1-3-16-4-8-18(9-5-16)19(24)15-28-22(25)11-7-17-6-10-20(27-13-12-23)21(14-17)26-2/h4-11,14H,3,13,15H2,1-2H3/b11-7+. The van der Waals surface area contributed by atoms with E-state index >= 15 is 0 Å². The van der Waals surface area contributed by atoms with Gasteiger partial charge in [0.2, 0.25) is 0 Å². The molecule has 0 heterocycles. The predicted octanol–water partition coefficient (Wildman–Crippen LogP) is 3.60. The summed E-state index contributed by atoms with van der Waals surface area (Å²) in [5.41, 5.74) is 2.32. The lowest BCUT2D eigenvalue weighted by Gasteiger charge is -2.08. The number of methoxy groups -OCH3 is 1. The van der Waals surface area contributed by atoms with E-state index in [1.54, 1.807) is 36.4 Å². The van der Waals surface area contributed by atoms with Crippen LogP contribution in [0.4, 0.5) is 0 Å². The summed E-state index contributed by atoms with van der Waals surface area (Å²) in [6.07, 6.45) is 3.67. The summed E-state index contributed by atoms with van der Waals surface area (Å²) >= 11 is 0. The number of aryl methyl sites for hydroxylation is 1. The number of Topliss-reactive ketones (excluding diaryl/α,β-unsaturated/α-hetero) is 1. The van der Waals surface area contributed by atoms with Crippen LogP contribution >= 0.6 is 0 Å². The zero-order chi connectivity index (χ0) is 20.4. The molecule has 0 radical (unpaired) electrons. The van der Waals surface area contributed by atoms with Gasteiger partial charge in [0.15, 0.2) is 30.5 Å². The van der Waals surface area contributed by atoms with Crippen LogP contribution < -0.4 is 9.47 Å². The molecule has 0 aliphatic heterocycles. The van der Waals surface area contributed by atoms with Crippen molar-refractivity contribution in [3.63, 3.8) is 0 Å². The Balaban J connectivity index is 1.92. The monoisotopic (exact) mass is 379 g/mol. The molecule has 0 N–H and O–H groups in total. The van der Waals surface area contributed by atoms with Gasteiger partial charge in [-0.3, -0.25) is 4.79 Å². The maximum atomic E-state index is 12.1. The van der Waals surface area contributed by atoms with Gasteiger partial charge in [-0.2, -0.15) is 5.26 Å². The van der Waals surface area contributed by atoms with Crippen LogP contribution in [0.25, 0.3) is 6.08 Å². The van der Waals surface area contributed by atoms with Crippen LogP contribution in [0, 0.1) is 11.3 Å². The second-order valence-electron chi connectivity index (χ2n) is 5.77. The van der Waals surface area contributed by atoms with Gasteiger partial charge in [-0.25, -0.2) is 4.79 Å². The normalized spacial score (nSPS) is 10.3. The lowest BCUT2D eigenvalue weighted by molar-refractivity contribution is -0.136. The third-order valence-electron chi connectivity index (χ3n) is 3.92. The summed E-state index contributed by atoms with van der Waals surface area (Å²) in [6.45, 7) is 1.62. The Bertz CT molecular complexity index is 894.